The highest BCUT2D eigenvalue weighted by molar-refractivity contribution is 5.01. The van der Waals surface area contributed by atoms with Gasteiger partial charge in [-0.1, -0.05) is 0 Å². The monoisotopic (exact) mass is 217 g/mol. The summed E-state index contributed by atoms with van der Waals surface area (Å²) in [6.45, 7) is 3.37. The van der Waals surface area contributed by atoms with Gasteiger partial charge in [0.25, 0.3) is 0 Å². The fraction of sp³-hybridized carbons (Fsp3) is 0.364. The molecular formula is C11H15N5. The van der Waals surface area contributed by atoms with E-state index >= 15 is 0 Å². The molecule has 0 amide bonds. The number of aromatic nitrogens is 4. The first-order chi connectivity index (χ1) is 7.75. The third kappa shape index (κ3) is 2.64. The average Bonchev–Trinajstić information content (AvgIpc) is 2.65. The highest BCUT2D eigenvalue weighted by atomic mass is 15.1. The van der Waals surface area contributed by atoms with Gasteiger partial charge in [0.1, 0.15) is 11.6 Å². The van der Waals surface area contributed by atoms with Crippen LogP contribution in [-0.2, 0) is 20.1 Å². The summed E-state index contributed by atoms with van der Waals surface area (Å²) in [7, 11) is 1.98. The molecule has 0 saturated carbocycles. The molecule has 0 fully saturated rings. The lowest BCUT2D eigenvalue weighted by atomic mass is 10.4. The summed E-state index contributed by atoms with van der Waals surface area (Å²) >= 11 is 0. The summed E-state index contributed by atoms with van der Waals surface area (Å²) in [4.78, 5) is 12.6. The molecule has 0 aromatic carbocycles. The molecule has 0 spiro atoms. The SMILES string of the molecule is Cc1nccc(CNCc2nccn2C)n1. The van der Waals surface area contributed by atoms with Crippen molar-refractivity contribution in [3.05, 3.63) is 42.0 Å². The maximum atomic E-state index is 4.31. The van der Waals surface area contributed by atoms with Crippen LogP contribution < -0.4 is 5.32 Å². The van der Waals surface area contributed by atoms with Crippen LogP contribution >= 0.6 is 0 Å². The largest absolute Gasteiger partial charge is 0.337 e. The van der Waals surface area contributed by atoms with Crippen molar-refractivity contribution in [1.82, 2.24) is 24.8 Å². The maximum Gasteiger partial charge on any atom is 0.125 e. The molecule has 2 heterocycles. The Morgan fingerprint density at radius 1 is 1.25 bits per heavy atom. The van der Waals surface area contributed by atoms with Crippen LogP contribution in [0.5, 0.6) is 0 Å². The van der Waals surface area contributed by atoms with E-state index in [4.69, 9.17) is 0 Å². The van der Waals surface area contributed by atoms with Crippen molar-refractivity contribution in [2.75, 3.05) is 0 Å². The van der Waals surface area contributed by atoms with Crippen molar-refractivity contribution in [1.29, 1.82) is 0 Å². The van der Waals surface area contributed by atoms with Crippen LogP contribution in [-0.4, -0.2) is 19.5 Å². The number of nitrogens with one attached hydrogen (secondary N) is 1. The maximum absolute atomic E-state index is 4.31. The number of aryl methyl sites for hydroxylation is 2. The molecule has 0 aliphatic rings. The minimum Gasteiger partial charge on any atom is -0.337 e. The van der Waals surface area contributed by atoms with Crippen molar-refractivity contribution in [3.63, 3.8) is 0 Å². The zero-order valence-electron chi connectivity index (χ0n) is 9.51. The first-order valence-corrected chi connectivity index (χ1v) is 5.21. The lowest BCUT2D eigenvalue weighted by Gasteiger charge is -2.04. The standard InChI is InChI=1S/C11H15N5/c1-9-13-4-3-10(15-9)7-12-8-11-14-5-6-16(11)2/h3-6,12H,7-8H2,1-2H3. The van der Waals surface area contributed by atoms with Gasteiger partial charge >= 0.3 is 0 Å². The van der Waals surface area contributed by atoms with Gasteiger partial charge < -0.3 is 9.88 Å². The zero-order valence-corrected chi connectivity index (χ0v) is 9.51. The number of rotatable bonds is 4. The molecule has 2 rings (SSSR count). The Balaban J connectivity index is 1.87. The minimum atomic E-state index is 0.732. The molecular weight excluding hydrogens is 202 g/mol. The molecule has 2 aromatic rings. The van der Waals surface area contributed by atoms with Gasteiger partial charge in [0.2, 0.25) is 0 Å². The summed E-state index contributed by atoms with van der Waals surface area (Å²) in [6.07, 6.45) is 5.51. The Bertz CT molecular complexity index is 463. The van der Waals surface area contributed by atoms with E-state index in [0.717, 1.165) is 30.4 Å². The molecule has 1 N–H and O–H groups in total. The number of hydrogen-bond donors (Lipinski definition) is 1. The highest BCUT2D eigenvalue weighted by Gasteiger charge is 1.99. The van der Waals surface area contributed by atoms with Gasteiger partial charge in [0.05, 0.1) is 12.2 Å². The van der Waals surface area contributed by atoms with Crippen molar-refractivity contribution >= 4 is 0 Å². The molecule has 0 bridgehead atoms. The van der Waals surface area contributed by atoms with E-state index in [1.807, 2.05) is 30.8 Å². The summed E-state index contributed by atoms with van der Waals surface area (Å²) in [5.41, 5.74) is 1.00. The summed E-state index contributed by atoms with van der Waals surface area (Å²) in [5, 5.41) is 3.30. The normalized spacial score (nSPS) is 10.6. The Labute approximate surface area is 94.6 Å². The van der Waals surface area contributed by atoms with E-state index in [1.54, 1.807) is 12.4 Å². The van der Waals surface area contributed by atoms with Crippen LogP contribution in [0.1, 0.15) is 17.3 Å². The van der Waals surface area contributed by atoms with Crippen molar-refractivity contribution in [2.24, 2.45) is 7.05 Å². The first-order valence-electron chi connectivity index (χ1n) is 5.21. The van der Waals surface area contributed by atoms with Crippen molar-refractivity contribution < 1.29 is 0 Å². The van der Waals surface area contributed by atoms with Crippen LogP contribution in [0.15, 0.2) is 24.7 Å². The van der Waals surface area contributed by atoms with Crippen LogP contribution in [0, 0.1) is 6.92 Å². The third-order valence-corrected chi connectivity index (χ3v) is 2.34. The predicted octanol–water partition coefficient (Wildman–Crippen LogP) is 0.808. The second kappa shape index (κ2) is 4.85. The molecule has 84 valence electrons. The van der Waals surface area contributed by atoms with Crippen LogP contribution in [0.4, 0.5) is 0 Å². The van der Waals surface area contributed by atoms with E-state index in [9.17, 15) is 0 Å². The number of nitrogens with zero attached hydrogens (tertiary/aromatic N) is 4. The van der Waals surface area contributed by atoms with Gasteiger partial charge in [-0.15, -0.1) is 0 Å². The molecule has 16 heavy (non-hydrogen) atoms. The molecule has 5 nitrogen and oxygen atoms in total. The average molecular weight is 217 g/mol. The topological polar surface area (TPSA) is 55.6 Å². The van der Waals surface area contributed by atoms with Gasteiger partial charge in [0, 0.05) is 32.2 Å². The zero-order chi connectivity index (χ0) is 11.4. The van der Waals surface area contributed by atoms with Crippen molar-refractivity contribution in [2.45, 2.75) is 20.0 Å². The first kappa shape index (κ1) is 10.8. The Morgan fingerprint density at radius 3 is 2.81 bits per heavy atom. The number of hydrogen-bond acceptors (Lipinski definition) is 4. The molecule has 0 aliphatic carbocycles. The number of imidazole rings is 1. The molecule has 0 radical (unpaired) electrons. The fourth-order valence-corrected chi connectivity index (χ4v) is 1.47. The van der Waals surface area contributed by atoms with Gasteiger partial charge in [-0.2, -0.15) is 0 Å². The smallest absolute Gasteiger partial charge is 0.125 e. The molecule has 0 saturated heterocycles. The fourth-order valence-electron chi connectivity index (χ4n) is 1.47. The molecule has 0 atom stereocenters. The Hall–Kier alpha value is -1.75. The van der Waals surface area contributed by atoms with Gasteiger partial charge in [-0.25, -0.2) is 15.0 Å². The lowest BCUT2D eigenvalue weighted by Crippen LogP contribution is -2.16. The van der Waals surface area contributed by atoms with E-state index in [2.05, 4.69) is 20.3 Å². The minimum absolute atomic E-state index is 0.732. The van der Waals surface area contributed by atoms with E-state index in [0.29, 0.717) is 0 Å². The Morgan fingerprint density at radius 2 is 2.12 bits per heavy atom. The summed E-state index contributed by atoms with van der Waals surface area (Å²) < 4.78 is 2.00. The van der Waals surface area contributed by atoms with Crippen LogP contribution in [0.2, 0.25) is 0 Å². The van der Waals surface area contributed by atoms with E-state index < -0.39 is 0 Å². The van der Waals surface area contributed by atoms with Gasteiger partial charge in [0.15, 0.2) is 0 Å². The Kier molecular flexibility index (Phi) is 3.26. The summed E-state index contributed by atoms with van der Waals surface area (Å²) in [5.74, 6) is 1.82. The van der Waals surface area contributed by atoms with Gasteiger partial charge in [-0.05, 0) is 13.0 Å². The van der Waals surface area contributed by atoms with E-state index in [1.165, 1.54) is 0 Å². The molecule has 0 aliphatic heterocycles. The van der Waals surface area contributed by atoms with E-state index in [-0.39, 0.29) is 0 Å². The van der Waals surface area contributed by atoms with Crippen molar-refractivity contribution in [3.8, 4) is 0 Å². The molecule has 5 heteroatoms. The molecule has 0 unspecified atom stereocenters. The van der Waals surface area contributed by atoms with Crippen LogP contribution in [0.25, 0.3) is 0 Å². The molecule has 2 aromatic heterocycles. The van der Waals surface area contributed by atoms with Crippen LogP contribution in [0.3, 0.4) is 0 Å². The quantitative estimate of drug-likeness (QED) is 0.823. The predicted molar refractivity (Wildman–Crippen MR) is 60.5 cm³/mol. The second-order valence-electron chi connectivity index (χ2n) is 3.65. The highest BCUT2D eigenvalue weighted by Crippen LogP contribution is 1.96. The lowest BCUT2D eigenvalue weighted by molar-refractivity contribution is 0.628. The van der Waals surface area contributed by atoms with Gasteiger partial charge in [-0.3, -0.25) is 0 Å². The second-order valence-corrected chi connectivity index (χ2v) is 3.65. The summed E-state index contributed by atoms with van der Waals surface area (Å²) in [6, 6.07) is 1.92. The third-order valence-electron chi connectivity index (χ3n) is 2.34.